The number of rotatable bonds is 5. The van der Waals surface area contributed by atoms with Gasteiger partial charge in [-0.05, 0) is 31.1 Å². The first-order valence-corrected chi connectivity index (χ1v) is 7.77. The van der Waals surface area contributed by atoms with E-state index in [-0.39, 0.29) is 11.9 Å². The van der Waals surface area contributed by atoms with Gasteiger partial charge in [0.15, 0.2) is 0 Å². The van der Waals surface area contributed by atoms with Crippen molar-refractivity contribution in [3.05, 3.63) is 0 Å². The second kappa shape index (κ2) is 8.12. The number of nitrogens with one attached hydrogen (secondary N) is 1. The van der Waals surface area contributed by atoms with Gasteiger partial charge < -0.3 is 15.3 Å². The molecule has 5 nitrogen and oxygen atoms in total. The fraction of sp³-hybridized carbons (Fsp3) is 0.867. The van der Waals surface area contributed by atoms with Gasteiger partial charge >= 0.3 is 12.0 Å². The summed E-state index contributed by atoms with van der Waals surface area (Å²) in [4.78, 5) is 25.3. The van der Waals surface area contributed by atoms with Crippen LogP contribution < -0.4 is 5.32 Å². The minimum absolute atomic E-state index is 0.0631. The lowest BCUT2D eigenvalue weighted by Crippen LogP contribution is -2.50. The monoisotopic (exact) mass is 284 g/mol. The lowest BCUT2D eigenvalue weighted by atomic mass is 9.98. The van der Waals surface area contributed by atoms with Gasteiger partial charge in [-0.2, -0.15) is 0 Å². The average Bonchev–Trinajstić information content (AvgIpc) is 2.68. The van der Waals surface area contributed by atoms with Gasteiger partial charge in [-0.15, -0.1) is 0 Å². The Morgan fingerprint density at radius 1 is 1.30 bits per heavy atom. The Labute approximate surface area is 121 Å². The van der Waals surface area contributed by atoms with Crippen LogP contribution in [0.2, 0.25) is 0 Å². The molecule has 2 N–H and O–H groups in total. The predicted molar refractivity (Wildman–Crippen MR) is 78.6 cm³/mol. The minimum Gasteiger partial charge on any atom is -0.480 e. The van der Waals surface area contributed by atoms with Crippen molar-refractivity contribution in [3.63, 3.8) is 0 Å². The van der Waals surface area contributed by atoms with Gasteiger partial charge in [-0.25, -0.2) is 9.59 Å². The maximum atomic E-state index is 12.2. The number of likely N-dealkylation sites (tertiary alicyclic amines) is 1. The molecular weight excluding hydrogens is 256 g/mol. The summed E-state index contributed by atoms with van der Waals surface area (Å²) in [5, 5.41) is 11.9. The molecule has 0 aromatic carbocycles. The number of carbonyl (C=O) groups excluding carboxylic acids is 1. The van der Waals surface area contributed by atoms with Crippen molar-refractivity contribution in [1.82, 2.24) is 10.2 Å². The van der Waals surface area contributed by atoms with Gasteiger partial charge in [0.05, 0.1) is 0 Å². The van der Waals surface area contributed by atoms with Crippen molar-refractivity contribution >= 4 is 12.0 Å². The summed E-state index contributed by atoms with van der Waals surface area (Å²) in [5.74, 6) is -0.321. The van der Waals surface area contributed by atoms with E-state index in [2.05, 4.69) is 12.2 Å². The summed E-state index contributed by atoms with van der Waals surface area (Å²) >= 11 is 0. The van der Waals surface area contributed by atoms with Gasteiger partial charge in [0.25, 0.3) is 0 Å². The summed E-state index contributed by atoms with van der Waals surface area (Å²) in [7, 11) is 0. The smallest absolute Gasteiger partial charge is 0.326 e. The van der Waals surface area contributed by atoms with E-state index in [9.17, 15) is 14.7 Å². The fourth-order valence-corrected chi connectivity index (χ4v) is 2.68. The minimum atomic E-state index is -0.950. The highest BCUT2D eigenvalue weighted by Crippen LogP contribution is 2.20. The second-order valence-corrected chi connectivity index (χ2v) is 5.84. The number of urea groups is 1. The Hall–Kier alpha value is -1.26. The van der Waals surface area contributed by atoms with Gasteiger partial charge in [-0.1, -0.05) is 33.6 Å². The molecule has 116 valence electrons. The Kier molecular flexibility index (Phi) is 6.82. The van der Waals surface area contributed by atoms with E-state index in [0.29, 0.717) is 5.92 Å². The molecule has 0 saturated carbocycles. The molecule has 20 heavy (non-hydrogen) atoms. The highest BCUT2D eigenvalue weighted by Gasteiger charge is 2.28. The number of nitrogens with zero attached hydrogens (tertiary/aromatic N) is 1. The zero-order valence-corrected chi connectivity index (χ0v) is 12.9. The third kappa shape index (κ3) is 4.69. The molecule has 5 heteroatoms. The zero-order chi connectivity index (χ0) is 15.1. The van der Waals surface area contributed by atoms with Gasteiger partial charge in [0.1, 0.15) is 6.04 Å². The topological polar surface area (TPSA) is 69.6 Å². The summed E-state index contributed by atoms with van der Waals surface area (Å²) < 4.78 is 0. The van der Waals surface area contributed by atoms with Crippen LogP contribution in [0.3, 0.4) is 0 Å². The molecule has 1 fully saturated rings. The van der Waals surface area contributed by atoms with Crippen molar-refractivity contribution in [2.75, 3.05) is 13.1 Å². The summed E-state index contributed by atoms with van der Waals surface area (Å²) in [6.07, 6.45) is 5.07. The van der Waals surface area contributed by atoms with Crippen LogP contribution in [0, 0.1) is 11.8 Å². The fourth-order valence-electron chi connectivity index (χ4n) is 2.68. The number of amides is 2. The van der Waals surface area contributed by atoms with Crippen LogP contribution in [0.5, 0.6) is 0 Å². The second-order valence-electron chi connectivity index (χ2n) is 5.84. The summed E-state index contributed by atoms with van der Waals surface area (Å²) in [5.41, 5.74) is 0. The first kappa shape index (κ1) is 16.8. The number of carboxylic acids is 1. The molecule has 3 unspecified atom stereocenters. The zero-order valence-electron chi connectivity index (χ0n) is 12.9. The van der Waals surface area contributed by atoms with Crippen LogP contribution >= 0.6 is 0 Å². The van der Waals surface area contributed by atoms with E-state index >= 15 is 0 Å². The largest absolute Gasteiger partial charge is 0.480 e. The standard InChI is InChI=1S/C15H28N2O3/c1-4-11(3)13(14(18)19)16-15(20)17-9-6-7-12(5-2)8-10-17/h11-13H,4-10H2,1-3H3,(H,16,20)(H,18,19). The molecule has 0 aromatic heterocycles. The third-order valence-electron chi connectivity index (χ3n) is 4.47. The van der Waals surface area contributed by atoms with E-state index in [1.807, 2.05) is 13.8 Å². The molecule has 1 rings (SSSR count). The first-order chi connectivity index (χ1) is 9.49. The van der Waals surface area contributed by atoms with Crippen LogP contribution in [-0.4, -0.2) is 41.1 Å². The Morgan fingerprint density at radius 3 is 2.55 bits per heavy atom. The van der Waals surface area contributed by atoms with Crippen LogP contribution in [0.15, 0.2) is 0 Å². The van der Waals surface area contributed by atoms with E-state index in [1.54, 1.807) is 4.90 Å². The number of carboxylic acid groups (broad SMARTS) is 1. The van der Waals surface area contributed by atoms with Gasteiger partial charge in [-0.3, -0.25) is 0 Å². The quantitative estimate of drug-likeness (QED) is 0.815. The lowest BCUT2D eigenvalue weighted by molar-refractivity contribution is -0.140. The molecule has 0 spiro atoms. The van der Waals surface area contributed by atoms with Crippen LogP contribution in [-0.2, 0) is 4.79 Å². The van der Waals surface area contributed by atoms with Crippen molar-refractivity contribution in [2.45, 2.75) is 58.9 Å². The van der Waals surface area contributed by atoms with Crippen molar-refractivity contribution in [2.24, 2.45) is 11.8 Å². The maximum Gasteiger partial charge on any atom is 0.326 e. The van der Waals surface area contributed by atoms with E-state index < -0.39 is 12.0 Å². The molecule has 1 aliphatic rings. The van der Waals surface area contributed by atoms with E-state index in [4.69, 9.17) is 0 Å². The molecule has 0 bridgehead atoms. The predicted octanol–water partition coefficient (Wildman–Crippen LogP) is 2.71. The third-order valence-corrected chi connectivity index (χ3v) is 4.47. The molecule has 3 atom stereocenters. The molecule has 0 aromatic rings. The maximum absolute atomic E-state index is 12.2. The highest BCUT2D eigenvalue weighted by atomic mass is 16.4. The number of hydrogen-bond donors (Lipinski definition) is 2. The van der Waals surface area contributed by atoms with Gasteiger partial charge in [0.2, 0.25) is 0 Å². The molecular formula is C15H28N2O3. The van der Waals surface area contributed by atoms with Gasteiger partial charge in [0, 0.05) is 13.1 Å². The van der Waals surface area contributed by atoms with E-state index in [0.717, 1.165) is 45.2 Å². The number of hydrogen-bond acceptors (Lipinski definition) is 2. The first-order valence-electron chi connectivity index (χ1n) is 7.77. The highest BCUT2D eigenvalue weighted by molar-refractivity contribution is 5.82. The SMILES string of the molecule is CCC1CCCN(C(=O)NC(C(=O)O)C(C)CC)CC1. The van der Waals surface area contributed by atoms with Crippen molar-refractivity contribution in [3.8, 4) is 0 Å². The van der Waals surface area contributed by atoms with Crippen LogP contribution in [0.25, 0.3) is 0 Å². The lowest BCUT2D eigenvalue weighted by Gasteiger charge is -2.26. The Balaban J connectivity index is 2.58. The van der Waals surface area contributed by atoms with Crippen LogP contribution in [0.1, 0.15) is 52.9 Å². The number of aliphatic carboxylic acids is 1. The molecule has 1 aliphatic heterocycles. The average molecular weight is 284 g/mol. The summed E-state index contributed by atoms with van der Waals surface area (Å²) in [6.45, 7) is 7.44. The Bertz CT molecular complexity index is 333. The Morgan fingerprint density at radius 2 is 2.00 bits per heavy atom. The molecule has 0 aliphatic carbocycles. The molecule has 1 saturated heterocycles. The molecule has 0 radical (unpaired) electrons. The van der Waals surface area contributed by atoms with E-state index in [1.165, 1.54) is 0 Å². The summed E-state index contributed by atoms with van der Waals surface area (Å²) in [6, 6.07) is -1.02. The number of carbonyl (C=O) groups is 2. The molecule has 1 heterocycles. The normalized spacial score (nSPS) is 22.8. The van der Waals surface area contributed by atoms with Crippen molar-refractivity contribution in [1.29, 1.82) is 0 Å². The van der Waals surface area contributed by atoms with Crippen LogP contribution in [0.4, 0.5) is 4.79 Å². The molecule has 2 amide bonds. The van der Waals surface area contributed by atoms with Crippen molar-refractivity contribution < 1.29 is 14.7 Å².